The molecule has 0 amide bonds. The Morgan fingerprint density at radius 2 is 1.41 bits per heavy atom. The lowest BCUT2D eigenvalue weighted by Crippen LogP contribution is -2.06. The number of hydrogen-bond donors (Lipinski definition) is 0. The van der Waals surface area contributed by atoms with E-state index in [0.29, 0.717) is 6.42 Å². The molecule has 17 heavy (non-hydrogen) atoms. The van der Waals surface area contributed by atoms with Crippen LogP contribution in [-0.2, 0) is 4.79 Å². The van der Waals surface area contributed by atoms with Crippen molar-refractivity contribution in [2.24, 2.45) is 0 Å². The summed E-state index contributed by atoms with van der Waals surface area (Å²) in [4.78, 5) is 10.6. The number of carbonyl (C=O) groups is 1. The highest BCUT2D eigenvalue weighted by atomic mass is 32.2. The molecule has 0 aromatic heterocycles. The smallest absolute Gasteiger partial charge is 0.288 e. The second-order valence-corrected chi connectivity index (χ2v) is 5.45. The van der Waals surface area contributed by atoms with Gasteiger partial charge in [-0.3, -0.25) is 4.79 Å². The SMILES string of the molecule is CC(=O)SCCCCCCCCCC(F)(F)F. The molecule has 0 aliphatic carbocycles. The van der Waals surface area contributed by atoms with Crippen molar-refractivity contribution in [3.05, 3.63) is 0 Å². The van der Waals surface area contributed by atoms with Crippen molar-refractivity contribution in [1.82, 2.24) is 0 Å². The lowest BCUT2D eigenvalue weighted by atomic mass is 10.1. The molecule has 0 atom stereocenters. The van der Waals surface area contributed by atoms with Crippen molar-refractivity contribution in [2.75, 3.05) is 5.75 Å². The van der Waals surface area contributed by atoms with Crippen LogP contribution >= 0.6 is 11.8 Å². The summed E-state index contributed by atoms with van der Waals surface area (Å²) in [5.41, 5.74) is 0. The topological polar surface area (TPSA) is 17.1 Å². The van der Waals surface area contributed by atoms with Gasteiger partial charge >= 0.3 is 6.18 Å². The Morgan fingerprint density at radius 3 is 1.88 bits per heavy atom. The van der Waals surface area contributed by atoms with Crippen LogP contribution in [-0.4, -0.2) is 17.0 Å². The number of alkyl halides is 3. The molecule has 0 saturated carbocycles. The maximum atomic E-state index is 11.8. The van der Waals surface area contributed by atoms with Crippen LogP contribution in [0.3, 0.4) is 0 Å². The maximum Gasteiger partial charge on any atom is 0.389 e. The van der Waals surface area contributed by atoms with E-state index in [0.717, 1.165) is 37.9 Å². The number of rotatable bonds is 9. The molecule has 0 unspecified atom stereocenters. The molecular formula is C12H21F3OS. The van der Waals surface area contributed by atoms with Crippen LogP contribution in [0.5, 0.6) is 0 Å². The minimum Gasteiger partial charge on any atom is -0.288 e. The largest absolute Gasteiger partial charge is 0.389 e. The van der Waals surface area contributed by atoms with Gasteiger partial charge in [0.05, 0.1) is 0 Å². The molecule has 0 aliphatic rings. The third-order valence-electron chi connectivity index (χ3n) is 2.41. The van der Waals surface area contributed by atoms with Crippen LogP contribution in [0.4, 0.5) is 13.2 Å². The first-order valence-electron chi connectivity index (χ1n) is 6.12. The van der Waals surface area contributed by atoms with Gasteiger partial charge in [0.1, 0.15) is 0 Å². The summed E-state index contributed by atoms with van der Waals surface area (Å²) in [6, 6.07) is 0. The average molecular weight is 270 g/mol. The number of halogens is 3. The zero-order chi connectivity index (χ0) is 13.1. The molecule has 0 heterocycles. The molecule has 0 spiro atoms. The molecular weight excluding hydrogens is 249 g/mol. The van der Waals surface area contributed by atoms with Crippen molar-refractivity contribution >= 4 is 16.9 Å². The molecule has 0 aromatic rings. The van der Waals surface area contributed by atoms with Gasteiger partial charge in [-0.05, 0) is 12.8 Å². The Bertz CT molecular complexity index is 204. The van der Waals surface area contributed by atoms with Gasteiger partial charge in [0.25, 0.3) is 0 Å². The first kappa shape index (κ1) is 16.8. The van der Waals surface area contributed by atoms with Crippen LogP contribution in [0.1, 0.15) is 58.3 Å². The molecule has 0 radical (unpaired) electrons. The third-order valence-corrected chi connectivity index (χ3v) is 3.31. The van der Waals surface area contributed by atoms with Crippen LogP contribution < -0.4 is 0 Å². The average Bonchev–Trinajstić information content (AvgIpc) is 2.18. The van der Waals surface area contributed by atoms with Gasteiger partial charge in [0.2, 0.25) is 0 Å². The molecule has 0 bridgehead atoms. The fourth-order valence-corrected chi connectivity index (χ4v) is 2.16. The molecule has 5 heteroatoms. The predicted molar refractivity (Wildman–Crippen MR) is 66.1 cm³/mol. The van der Waals surface area contributed by atoms with Gasteiger partial charge in [-0.15, -0.1) is 0 Å². The van der Waals surface area contributed by atoms with Gasteiger partial charge in [0, 0.05) is 19.1 Å². The van der Waals surface area contributed by atoms with E-state index < -0.39 is 12.6 Å². The summed E-state index contributed by atoms with van der Waals surface area (Å²) < 4.78 is 35.4. The molecule has 0 saturated heterocycles. The fourth-order valence-electron chi connectivity index (χ4n) is 1.53. The zero-order valence-electron chi connectivity index (χ0n) is 10.3. The summed E-state index contributed by atoms with van der Waals surface area (Å²) in [6.45, 7) is 1.56. The third kappa shape index (κ3) is 15.8. The van der Waals surface area contributed by atoms with E-state index in [-0.39, 0.29) is 11.5 Å². The fraction of sp³-hybridized carbons (Fsp3) is 0.917. The lowest BCUT2D eigenvalue weighted by molar-refractivity contribution is -0.135. The van der Waals surface area contributed by atoms with E-state index in [4.69, 9.17) is 0 Å². The highest BCUT2D eigenvalue weighted by Gasteiger charge is 2.25. The van der Waals surface area contributed by atoms with Gasteiger partial charge < -0.3 is 0 Å². The number of unbranched alkanes of at least 4 members (excludes halogenated alkanes) is 6. The number of hydrogen-bond acceptors (Lipinski definition) is 2. The second-order valence-electron chi connectivity index (χ2n) is 4.18. The van der Waals surface area contributed by atoms with E-state index in [1.165, 1.54) is 11.8 Å². The van der Waals surface area contributed by atoms with E-state index >= 15 is 0 Å². The van der Waals surface area contributed by atoms with Crippen LogP contribution in [0.25, 0.3) is 0 Å². The summed E-state index contributed by atoms with van der Waals surface area (Å²) in [5.74, 6) is 0.864. The maximum absolute atomic E-state index is 11.8. The van der Waals surface area contributed by atoms with Crippen molar-refractivity contribution < 1.29 is 18.0 Å². The normalized spacial score (nSPS) is 11.8. The summed E-state index contributed by atoms with van der Waals surface area (Å²) in [7, 11) is 0. The Morgan fingerprint density at radius 1 is 0.941 bits per heavy atom. The highest BCUT2D eigenvalue weighted by molar-refractivity contribution is 8.13. The first-order chi connectivity index (χ1) is 7.92. The van der Waals surface area contributed by atoms with Crippen molar-refractivity contribution in [3.63, 3.8) is 0 Å². The molecule has 0 rings (SSSR count). The number of thioether (sulfide) groups is 1. The summed E-state index contributed by atoms with van der Waals surface area (Å²) >= 11 is 1.34. The van der Waals surface area contributed by atoms with Crippen LogP contribution in [0.2, 0.25) is 0 Å². The predicted octanol–water partition coefficient (Wildman–Crippen LogP) is 4.95. The van der Waals surface area contributed by atoms with E-state index in [1.54, 1.807) is 6.92 Å². The lowest BCUT2D eigenvalue weighted by Gasteiger charge is -2.05. The first-order valence-corrected chi connectivity index (χ1v) is 7.10. The zero-order valence-corrected chi connectivity index (χ0v) is 11.1. The standard InChI is InChI=1S/C12H21F3OS/c1-11(16)17-10-8-6-4-2-3-5-7-9-12(13,14)15/h2-10H2,1H3. The Kier molecular flexibility index (Phi) is 9.69. The molecule has 0 fully saturated rings. The summed E-state index contributed by atoms with van der Waals surface area (Å²) in [5, 5.41) is 0.150. The second kappa shape index (κ2) is 9.80. The van der Waals surface area contributed by atoms with Gasteiger partial charge in [-0.25, -0.2) is 0 Å². The van der Waals surface area contributed by atoms with E-state index in [9.17, 15) is 18.0 Å². The van der Waals surface area contributed by atoms with Gasteiger partial charge in [-0.2, -0.15) is 13.2 Å². The Hall–Kier alpha value is -0.190. The Balaban J connectivity index is 3.06. The molecule has 0 aliphatic heterocycles. The minimum absolute atomic E-state index is 0.150. The quantitative estimate of drug-likeness (QED) is 0.551. The Labute approximate surface area is 106 Å². The van der Waals surface area contributed by atoms with Crippen LogP contribution in [0, 0.1) is 0 Å². The van der Waals surface area contributed by atoms with E-state index in [2.05, 4.69) is 0 Å². The van der Waals surface area contributed by atoms with E-state index in [1.807, 2.05) is 0 Å². The number of carbonyl (C=O) groups excluding carboxylic acids is 1. The van der Waals surface area contributed by atoms with Crippen molar-refractivity contribution in [2.45, 2.75) is 64.5 Å². The molecule has 0 aromatic carbocycles. The monoisotopic (exact) mass is 270 g/mol. The van der Waals surface area contributed by atoms with Crippen LogP contribution in [0.15, 0.2) is 0 Å². The summed E-state index contributed by atoms with van der Waals surface area (Å²) in [6.07, 6.45) is 1.31. The highest BCUT2D eigenvalue weighted by Crippen LogP contribution is 2.23. The van der Waals surface area contributed by atoms with Gasteiger partial charge in [-0.1, -0.05) is 43.9 Å². The molecule has 102 valence electrons. The van der Waals surface area contributed by atoms with Crippen molar-refractivity contribution in [1.29, 1.82) is 0 Å². The molecule has 1 nitrogen and oxygen atoms in total. The minimum atomic E-state index is -4.00. The molecule has 0 N–H and O–H groups in total. The van der Waals surface area contributed by atoms with Crippen molar-refractivity contribution in [3.8, 4) is 0 Å². The van der Waals surface area contributed by atoms with Gasteiger partial charge in [0.15, 0.2) is 5.12 Å².